The molecule has 1 aromatic heterocycles. The molecule has 3 aromatic rings. The number of nitrogens with zero attached hydrogens (tertiary/aromatic N) is 1. The predicted octanol–water partition coefficient (Wildman–Crippen LogP) is 3.45. The molecule has 0 atom stereocenters. The Bertz CT molecular complexity index is 913. The number of hydrogen-bond donors (Lipinski definition) is 1. The number of carbonyl (C=O) groups excluding carboxylic acids is 1. The predicted molar refractivity (Wildman–Crippen MR) is 85.8 cm³/mol. The van der Waals surface area contributed by atoms with Gasteiger partial charge in [-0.15, -0.1) is 0 Å². The van der Waals surface area contributed by atoms with Crippen molar-refractivity contribution in [1.29, 1.82) is 0 Å². The van der Waals surface area contributed by atoms with Crippen molar-refractivity contribution < 1.29 is 18.3 Å². The molecule has 0 radical (unpaired) electrons. The highest BCUT2D eigenvalue weighted by Gasteiger charge is 2.13. The molecule has 0 unspecified atom stereocenters. The van der Waals surface area contributed by atoms with Gasteiger partial charge in [-0.2, -0.15) is 0 Å². The van der Waals surface area contributed by atoms with Crippen molar-refractivity contribution >= 4 is 16.8 Å². The van der Waals surface area contributed by atoms with Crippen LogP contribution in [0.3, 0.4) is 0 Å². The average Bonchev–Trinajstić information content (AvgIpc) is 2.61. The number of fused-ring (bicyclic) bond motifs is 1. The summed E-state index contributed by atoms with van der Waals surface area (Å²) in [6.45, 7) is -0.149. The third kappa shape index (κ3) is 3.17. The molecule has 0 aliphatic carbocycles. The van der Waals surface area contributed by atoms with Gasteiger partial charge in [-0.3, -0.25) is 9.78 Å². The van der Waals surface area contributed by atoms with E-state index in [9.17, 15) is 13.6 Å². The Balaban J connectivity index is 1.78. The molecule has 24 heavy (non-hydrogen) atoms. The van der Waals surface area contributed by atoms with Crippen LogP contribution < -0.4 is 10.1 Å². The second-order valence-electron chi connectivity index (χ2n) is 5.17. The van der Waals surface area contributed by atoms with E-state index >= 15 is 0 Å². The molecule has 0 spiro atoms. The molecule has 1 N–H and O–H groups in total. The smallest absolute Gasteiger partial charge is 0.251 e. The summed E-state index contributed by atoms with van der Waals surface area (Å²) in [6, 6.07) is 10.7. The molecule has 1 heterocycles. The van der Waals surface area contributed by atoms with E-state index in [4.69, 9.17) is 4.74 Å². The van der Waals surface area contributed by atoms with Crippen LogP contribution in [0.2, 0.25) is 0 Å². The first-order chi connectivity index (χ1) is 11.6. The van der Waals surface area contributed by atoms with E-state index < -0.39 is 11.6 Å². The standard InChI is InChI=1S/C18H14F2N2O2/c1-24-16-9-14(19)8-13(17(16)20)10-22-18(23)12-4-5-15-11(7-12)3-2-6-21-15/h2-9H,10H2,1H3,(H,22,23). The number of methoxy groups -OCH3 is 1. The molecular weight excluding hydrogens is 314 g/mol. The summed E-state index contributed by atoms with van der Waals surface area (Å²) < 4.78 is 32.3. The third-order valence-corrected chi connectivity index (χ3v) is 3.60. The number of benzene rings is 2. The maximum atomic E-state index is 14.1. The monoisotopic (exact) mass is 328 g/mol. The fraction of sp³-hybridized carbons (Fsp3) is 0.111. The van der Waals surface area contributed by atoms with E-state index in [1.54, 1.807) is 30.5 Å². The molecule has 6 heteroatoms. The number of nitrogens with one attached hydrogen (secondary N) is 1. The van der Waals surface area contributed by atoms with Gasteiger partial charge in [0.05, 0.1) is 12.6 Å². The Morgan fingerprint density at radius 2 is 2.04 bits per heavy atom. The SMILES string of the molecule is COc1cc(F)cc(CNC(=O)c2ccc3ncccc3c2)c1F. The Kier molecular flexibility index (Phi) is 4.37. The Hall–Kier alpha value is -3.02. The van der Waals surface area contributed by atoms with Crippen LogP contribution in [0.5, 0.6) is 5.75 Å². The number of ether oxygens (including phenoxy) is 1. The molecule has 0 bridgehead atoms. The fourth-order valence-corrected chi connectivity index (χ4v) is 2.39. The lowest BCUT2D eigenvalue weighted by Gasteiger charge is -2.10. The number of amides is 1. The number of hydrogen-bond acceptors (Lipinski definition) is 3. The van der Waals surface area contributed by atoms with Gasteiger partial charge in [0.15, 0.2) is 11.6 Å². The van der Waals surface area contributed by atoms with E-state index in [1.807, 2.05) is 6.07 Å². The highest BCUT2D eigenvalue weighted by molar-refractivity contribution is 5.97. The van der Waals surface area contributed by atoms with Gasteiger partial charge in [0.1, 0.15) is 5.82 Å². The Morgan fingerprint density at radius 1 is 1.21 bits per heavy atom. The van der Waals surface area contributed by atoms with Crippen LogP contribution in [0.25, 0.3) is 10.9 Å². The largest absolute Gasteiger partial charge is 0.494 e. The lowest BCUT2D eigenvalue weighted by atomic mass is 10.1. The average molecular weight is 328 g/mol. The maximum Gasteiger partial charge on any atom is 0.251 e. The number of aromatic nitrogens is 1. The zero-order valence-corrected chi connectivity index (χ0v) is 12.8. The Labute approximate surface area is 137 Å². The lowest BCUT2D eigenvalue weighted by Crippen LogP contribution is -2.23. The van der Waals surface area contributed by atoms with Crippen molar-refractivity contribution in [1.82, 2.24) is 10.3 Å². The van der Waals surface area contributed by atoms with E-state index in [-0.39, 0.29) is 23.8 Å². The zero-order chi connectivity index (χ0) is 17.1. The molecule has 0 aliphatic heterocycles. The maximum absolute atomic E-state index is 14.1. The van der Waals surface area contributed by atoms with Crippen molar-refractivity contribution in [2.45, 2.75) is 6.54 Å². The number of pyridine rings is 1. The van der Waals surface area contributed by atoms with Crippen molar-refractivity contribution in [3.05, 3.63) is 71.4 Å². The molecule has 0 saturated heterocycles. The van der Waals surface area contributed by atoms with E-state index in [0.29, 0.717) is 5.56 Å². The summed E-state index contributed by atoms with van der Waals surface area (Å²) in [7, 11) is 1.25. The van der Waals surface area contributed by atoms with Crippen molar-refractivity contribution in [3.8, 4) is 5.75 Å². The second kappa shape index (κ2) is 6.62. The summed E-state index contributed by atoms with van der Waals surface area (Å²) in [5, 5.41) is 3.40. The fourth-order valence-electron chi connectivity index (χ4n) is 2.39. The van der Waals surface area contributed by atoms with Crippen LogP contribution in [0, 0.1) is 11.6 Å². The normalized spacial score (nSPS) is 10.6. The highest BCUT2D eigenvalue weighted by atomic mass is 19.1. The quantitative estimate of drug-likeness (QED) is 0.798. The van der Waals surface area contributed by atoms with Gasteiger partial charge >= 0.3 is 0 Å². The molecule has 0 aliphatic rings. The van der Waals surface area contributed by atoms with Gasteiger partial charge in [0, 0.05) is 35.3 Å². The minimum atomic E-state index is -0.693. The third-order valence-electron chi connectivity index (χ3n) is 3.60. The van der Waals surface area contributed by atoms with Gasteiger partial charge in [0.2, 0.25) is 0 Å². The first-order valence-electron chi connectivity index (χ1n) is 7.23. The zero-order valence-electron chi connectivity index (χ0n) is 12.8. The van der Waals surface area contributed by atoms with E-state index in [2.05, 4.69) is 10.3 Å². The molecule has 3 rings (SSSR count). The van der Waals surface area contributed by atoms with Gasteiger partial charge in [-0.1, -0.05) is 6.07 Å². The van der Waals surface area contributed by atoms with Gasteiger partial charge in [-0.05, 0) is 30.3 Å². The minimum absolute atomic E-state index is 0.0163. The summed E-state index contributed by atoms with van der Waals surface area (Å²) in [4.78, 5) is 16.4. The van der Waals surface area contributed by atoms with Crippen LogP contribution in [0.15, 0.2) is 48.7 Å². The molecule has 1 amide bonds. The van der Waals surface area contributed by atoms with Crippen LogP contribution in [-0.4, -0.2) is 18.0 Å². The van der Waals surface area contributed by atoms with Crippen molar-refractivity contribution in [3.63, 3.8) is 0 Å². The summed E-state index contributed by atoms with van der Waals surface area (Å²) in [5.41, 5.74) is 1.21. The number of carbonyl (C=O) groups is 1. The molecule has 4 nitrogen and oxygen atoms in total. The van der Waals surface area contributed by atoms with Crippen molar-refractivity contribution in [2.24, 2.45) is 0 Å². The summed E-state index contributed by atoms with van der Waals surface area (Å²) >= 11 is 0. The first-order valence-corrected chi connectivity index (χ1v) is 7.23. The highest BCUT2D eigenvalue weighted by Crippen LogP contribution is 2.22. The van der Waals surface area contributed by atoms with Crippen molar-refractivity contribution in [2.75, 3.05) is 7.11 Å². The Morgan fingerprint density at radius 3 is 2.83 bits per heavy atom. The second-order valence-corrected chi connectivity index (χ2v) is 5.17. The minimum Gasteiger partial charge on any atom is -0.494 e. The van der Waals surface area contributed by atoms with Gasteiger partial charge < -0.3 is 10.1 Å². The van der Waals surface area contributed by atoms with E-state index in [1.165, 1.54) is 7.11 Å². The summed E-state index contributed by atoms with van der Waals surface area (Å²) in [5.74, 6) is -1.91. The molecule has 2 aromatic carbocycles. The topological polar surface area (TPSA) is 51.2 Å². The van der Waals surface area contributed by atoms with Crippen LogP contribution >= 0.6 is 0 Å². The van der Waals surface area contributed by atoms with Crippen LogP contribution in [0.4, 0.5) is 8.78 Å². The lowest BCUT2D eigenvalue weighted by molar-refractivity contribution is 0.0950. The molecule has 122 valence electrons. The number of halogens is 2. The van der Waals surface area contributed by atoms with Crippen LogP contribution in [-0.2, 0) is 6.54 Å². The van der Waals surface area contributed by atoms with Gasteiger partial charge in [-0.25, -0.2) is 8.78 Å². The molecule has 0 fully saturated rings. The summed E-state index contributed by atoms with van der Waals surface area (Å²) in [6.07, 6.45) is 1.67. The van der Waals surface area contributed by atoms with E-state index in [0.717, 1.165) is 23.0 Å². The van der Waals surface area contributed by atoms with Crippen LogP contribution in [0.1, 0.15) is 15.9 Å². The first kappa shape index (κ1) is 15.9. The molecular formula is C18H14F2N2O2. The number of rotatable bonds is 4. The van der Waals surface area contributed by atoms with Gasteiger partial charge in [0.25, 0.3) is 5.91 Å². The molecule has 0 saturated carbocycles.